The number of rotatable bonds is 79. The molecule has 3 N–H and O–H groups in total. The number of carbonyl (C=O) groups is 4. The zero-order chi connectivity index (χ0) is 72.8. The van der Waals surface area contributed by atoms with Gasteiger partial charge in [-0.25, -0.2) is 9.13 Å². The van der Waals surface area contributed by atoms with Gasteiger partial charge in [-0.15, -0.1) is 0 Å². The molecule has 0 saturated heterocycles. The molecule has 0 aliphatic carbocycles. The molecule has 0 rings (SSSR count). The van der Waals surface area contributed by atoms with Crippen molar-refractivity contribution in [3.8, 4) is 0 Å². The Balaban J connectivity index is 5.22. The lowest BCUT2D eigenvalue weighted by molar-refractivity contribution is -0.161. The third-order valence-corrected chi connectivity index (χ3v) is 20.6. The van der Waals surface area contributed by atoms with Gasteiger partial charge in [0.05, 0.1) is 26.4 Å². The van der Waals surface area contributed by atoms with E-state index in [1.165, 1.54) is 238 Å². The van der Waals surface area contributed by atoms with Crippen molar-refractivity contribution in [3.63, 3.8) is 0 Å². The Bertz CT molecular complexity index is 1910. The number of esters is 4. The molecule has 0 heterocycles. The van der Waals surface area contributed by atoms with E-state index >= 15 is 0 Å². The van der Waals surface area contributed by atoms with Crippen molar-refractivity contribution in [1.82, 2.24) is 0 Å². The van der Waals surface area contributed by atoms with E-state index in [0.29, 0.717) is 25.7 Å². The Kier molecular flexibility index (Phi) is 70.3. The zero-order valence-corrected chi connectivity index (χ0v) is 66.6. The lowest BCUT2D eigenvalue weighted by Gasteiger charge is -2.21. The number of ether oxygens (including phenoxy) is 4. The molecule has 0 radical (unpaired) electrons. The highest BCUT2D eigenvalue weighted by atomic mass is 31.2. The molecule has 588 valence electrons. The van der Waals surface area contributed by atoms with Gasteiger partial charge in [-0.2, -0.15) is 0 Å². The zero-order valence-electron chi connectivity index (χ0n) is 64.8. The summed E-state index contributed by atoms with van der Waals surface area (Å²) in [6, 6.07) is 0. The van der Waals surface area contributed by atoms with Crippen LogP contribution in [0.25, 0.3) is 0 Å². The third-order valence-electron chi connectivity index (χ3n) is 18.7. The van der Waals surface area contributed by atoms with Crippen LogP contribution < -0.4 is 0 Å². The molecule has 0 amide bonds. The molecule has 0 aromatic carbocycles. The van der Waals surface area contributed by atoms with E-state index in [9.17, 15) is 43.2 Å². The van der Waals surface area contributed by atoms with E-state index in [1.54, 1.807) is 0 Å². The van der Waals surface area contributed by atoms with Gasteiger partial charge in [-0.05, 0) is 37.5 Å². The van der Waals surface area contributed by atoms with Crippen LogP contribution in [0.3, 0.4) is 0 Å². The summed E-state index contributed by atoms with van der Waals surface area (Å²) in [7, 11) is -9.92. The SMILES string of the molecule is CCCCCCCCCCCCCCCCCCCCCCCC(=O)O[C@H](COC(=O)CCCCCCCCCCCCCCC(C)C)COP(=O)(O)OC[C@@H](O)COP(=O)(O)OC[C@@H](COC(=O)CCCCCCCCCCCC)OC(=O)CCCCCCCCCCCCC(C)C. The topological polar surface area (TPSA) is 237 Å². The highest BCUT2D eigenvalue weighted by molar-refractivity contribution is 7.47. The summed E-state index contributed by atoms with van der Waals surface area (Å²) in [5.41, 5.74) is 0. The van der Waals surface area contributed by atoms with Crippen molar-refractivity contribution in [2.45, 2.75) is 439 Å². The van der Waals surface area contributed by atoms with Gasteiger partial charge in [0.15, 0.2) is 12.2 Å². The summed E-state index contributed by atoms with van der Waals surface area (Å²) >= 11 is 0. The van der Waals surface area contributed by atoms with Crippen LogP contribution in [0.4, 0.5) is 0 Å². The maximum atomic E-state index is 13.1. The van der Waals surface area contributed by atoms with Gasteiger partial charge in [0.2, 0.25) is 0 Å². The van der Waals surface area contributed by atoms with E-state index in [-0.39, 0.29) is 25.7 Å². The fourth-order valence-corrected chi connectivity index (χ4v) is 13.9. The van der Waals surface area contributed by atoms with Crippen LogP contribution in [-0.4, -0.2) is 96.7 Å². The van der Waals surface area contributed by atoms with E-state index in [1.807, 2.05) is 0 Å². The third kappa shape index (κ3) is 74.1. The smallest absolute Gasteiger partial charge is 0.462 e. The summed E-state index contributed by atoms with van der Waals surface area (Å²) in [5, 5.41) is 10.6. The first-order chi connectivity index (χ1) is 47.9. The Hall–Kier alpha value is -1.94. The lowest BCUT2D eigenvalue weighted by atomic mass is 10.0. The number of hydrogen-bond donors (Lipinski definition) is 3. The number of unbranched alkanes of at least 4 members (excludes halogenated alkanes) is 49. The molecular formula is C80H156O17P2. The van der Waals surface area contributed by atoms with Gasteiger partial charge >= 0.3 is 39.5 Å². The molecule has 0 bridgehead atoms. The largest absolute Gasteiger partial charge is 0.472 e. The van der Waals surface area contributed by atoms with Crippen molar-refractivity contribution in [3.05, 3.63) is 0 Å². The molecule has 0 aromatic rings. The number of hydrogen-bond acceptors (Lipinski definition) is 15. The fraction of sp³-hybridized carbons (Fsp3) is 0.950. The predicted molar refractivity (Wildman–Crippen MR) is 405 cm³/mol. The van der Waals surface area contributed by atoms with E-state index in [0.717, 1.165) is 102 Å². The Morgan fingerprint density at radius 1 is 0.273 bits per heavy atom. The van der Waals surface area contributed by atoms with Gasteiger partial charge < -0.3 is 33.8 Å². The average molecular weight is 1450 g/mol. The van der Waals surface area contributed by atoms with E-state index in [4.69, 9.17) is 37.0 Å². The molecular weight excluding hydrogens is 1290 g/mol. The second-order valence-electron chi connectivity index (χ2n) is 29.8. The van der Waals surface area contributed by atoms with Crippen molar-refractivity contribution < 1.29 is 80.2 Å². The second kappa shape index (κ2) is 71.7. The molecule has 0 aliphatic rings. The molecule has 0 fully saturated rings. The summed E-state index contributed by atoms with van der Waals surface area (Å²) < 4.78 is 68.7. The molecule has 0 aliphatic heterocycles. The number of aliphatic hydroxyl groups excluding tert-OH is 1. The maximum Gasteiger partial charge on any atom is 0.472 e. The molecule has 0 spiro atoms. The van der Waals surface area contributed by atoms with E-state index < -0.39 is 97.5 Å². The lowest BCUT2D eigenvalue weighted by Crippen LogP contribution is -2.30. The minimum absolute atomic E-state index is 0.106. The summed E-state index contributed by atoms with van der Waals surface area (Å²) in [4.78, 5) is 72.9. The minimum atomic E-state index is -4.96. The highest BCUT2D eigenvalue weighted by Crippen LogP contribution is 2.45. The standard InChI is InChI=1S/C80H156O17P2/c1-7-9-11-13-15-17-19-20-21-22-23-24-25-26-27-28-33-40-46-52-58-64-79(84)96-76(69-91-78(83)63-57-51-45-39-32-30-29-31-36-42-48-54-60-72(3)4)71-95-99(88,89)93-67-74(81)66-92-98(86,87)94-70-75(68-90-77(82)62-56-50-44-38-18-16-14-12-10-8-2)97-80(85)65-59-53-47-41-35-34-37-43-49-55-61-73(5)6/h72-76,81H,7-71H2,1-6H3,(H,86,87)(H,88,89)/t74-,75+,76+/m0/s1. The maximum absolute atomic E-state index is 13.1. The number of carbonyl (C=O) groups excluding carboxylic acids is 4. The first-order valence-electron chi connectivity index (χ1n) is 41.5. The van der Waals surface area contributed by atoms with Crippen LogP contribution >= 0.6 is 15.6 Å². The molecule has 19 heteroatoms. The Morgan fingerprint density at radius 3 is 0.687 bits per heavy atom. The van der Waals surface area contributed by atoms with Crippen molar-refractivity contribution >= 4 is 39.5 Å². The summed E-state index contributed by atoms with van der Waals surface area (Å²) in [6.07, 6.45) is 61.1. The summed E-state index contributed by atoms with van der Waals surface area (Å²) in [6.45, 7) is 9.62. The van der Waals surface area contributed by atoms with Crippen molar-refractivity contribution in [2.24, 2.45) is 11.8 Å². The van der Waals surface area contributed by atoms with Crippen molar-refractivity contribution in [1.29, 1.82) is 0 Å². The van der Waals surface area contributed by atoms with Crippen LogP contribution in [0.15, 0.2) is 0 Å². The van der Waals surface area contributed by atoms with Crippen molar-refractivity contribution in [2.75, 3.05) is 39.6 Å². The molecule has 17 nitrogen and oxygen atoms in total. The Labute approximate surface area is 607 Å². The van der Waals surface area contributed by atoms with Gasteiger partial charge in [0.25, 0.3) is 0 Å². The highest BCUT2D eigenvalue weighted by Gasteiger charge is 2.30. The summed E-state index contributed by atoms with van der Waals surface area (Å²) in [5.74, 6) is -0.577. The first-order valence-corrected chi connectivity index (χ1v) is 44.5. The molecule has 0 saturated carbocycles. The molecule has 0 aromatic heterocycles. The van der Waals surface area contributed by atoms with Gasteiger partial charge in [0, 0.05) is 25.7 Å². The number of aliphatic hydroxyl groups is 1. The van der Waals surface area contributed by atoms with Crippen LogP contribution in [-0.2, 0) is 65.4 Å². The van der Waals surface area contributed by atoms with Crippen LogP contribution in [0.2, 0.25) is 0 Å². The fourth-order valence-electron chi connectivity index (χ4n) is 12.4. The second-order valence-corrected chi connectivity index (χ2v) is 32.7. The van der Waals surface area contributed by atoms with Crippen LogP contribution in [0, 0.1) is 11.8 Å². The predicted octanol–water partition coefficient (Wildman–Crippen LogP) is 23.9. The molecule has 99 heavy (non-hydrogen) atoms. The molecule has 5 atom stereocenters. The monoisotopic (exact) mass is 1450 g/mol. The number of phosphoric acid groups is 2. The van der Waals surface area contributed by atoms with Gasteiger partial charge in [-0.3, -0.25) is 37.3 Å². The van der Waals surface area contributed by atoms with Crippen LogP contribution in [0.1, 0.15) is 420 Å². The van der Waals surface area contributed by atoms with Crippen LogP contribution in [0.5, 0.6) is 0 Å². The normalized spacial score (nSPS) is 13.9. The molecule has 2 unspecified atom stereocenters. The minimum Gasteiger partial charge on any atom is -0.462 e. The Morgan fingerprint density at radius 2 is 0.465 bits per heavy atom. The average Bonchev–Trinajstić information content (AvgIpc) is 1.02. The number of phosphoric ester groups is 2. The van der Waals surface area contributed by atoms with E-state index in [2.05, 4.69) is 41.5 Å². The van der Waals surface area contributed by atoms with Gasteiger partial charge in [0.1, 0.15) is 19.3 Å². The quantitative estimate of drug-likeness (QED) is 0.0222. The van der Waals surface area contributed by atoms with Gasteiger partial charge in [-0.1, -0.05) is 369 Å². The first kappa shape index (κ1) is 97.1.